The third-order valence-electron chi connectivity index (χ3n) is 9.15. The van der Waals surface area contributed by atoms with Crippen LogP contribution in [-0.2, 0) is 6.42 Å². The number of aliphatic hydroxyl groups is 2. The van der Waals surface area contributed by atoms with Crippen LogP contribution in [0.3, 0.4) is 0 Å². The molecule has 0 amide bonds. The number of rotatable bonds is 4. The molecule has 2 bridgehead atoms. The number of nitrogens with two attached hydrogens (primary N) is 1. The lowest BCUT2D eigenvalue weighted by Crippen LogP contribution is -2.48. The van der Waals surface area contributed by atoms with Gasteiger partial charge in [-0.3, -0.25) is 4.99 Å². The van der Waals surface area contributed by atoms with Gasteiger partial charge in [-0.25, -0.2) is 0 Å². The van der Waals surface area contributed by atoms with E-state index in [1.165, 1.54) is 5.39 Å². The van der Waals surface area contributed by atoms with Gasteiger partial charge in [0.25, 0.3) is 0 Å². The molecule has 2 fully saturated rings. The summed E-state index contributed by atoms with van der Waals surface area (Å²) >= 11 is 0. The molecule has 35 heavy (non-hydrogen) atoms. The Hall–Kier alpha value is -2.75. The highest BCUT2D eigenvalue weighted by atomic mass is 16.3. The fourth-order valence-corrected chi connectivity index (χ4v) is 7.03. The minimum Gasteiger partial charge on any atom is -0.390 e. The van der Waals surface area contributed by atoms with E-state index in [0.29, 0.717) is 31.6 Å². The zero-order valence-corrected chi connectivity index (χ0v) is 20.9. The molecule has 6 atom stereocenters. The SMILES string of the molecule is C=C(Cc1cc2ccccc2[nH]1)C12CC#CC(NC(N)=NC)CC3(O)CCC(C3C1)C(C)(O)CC2. The Balaban J connectivity index is 1.53. The molecule has 1 aromatic carbocycles. The summed E-state index contributed by atoms with van der Waals surface area (Å²) in [6, 6.07) is 10.2. The quantitative estimate of drug-likeness (QED) is 0.202. The average molecular weight is 475 g/mol. The maximum Gasteiger partial charge on any atom is 0.189 e. The third kappa shape index (κ3) is 4.37. The zero-order chi connectivity index (χ0) is 24.8. The second kappa shape index (κ2) is 8.72. The number of guanidine groups is 1. The van der Waals surface area contributed by atoms with E-state index < -0.39 is 11.2 Å². The van der Waals surface area contributed by atoms with Gasteiger partial charge < -0.3 is 26.2 Å². The molecule has 0 aliphatic heterocycles. The monoisotopic (exact) mass is 474 g/mol. The Labute approximate surface area is 208 Å². The maximum atomic E-state index is 12.0. The van der Waals surface area contributed by atoms with E-state index >= 15 is 0 Å². The van der Waals surface area contributed by atoms with Crippen molar-refractivity contribution in [3.05, 3.63) is 48.2 Å². The first-order valence-electron chi connectivity index (χ1n) is 12.8. The van der Waals surface area contributed by atoms with Gasteiger partial charge in [-0.15, -0.1) is 5.92 Å². The van der Waals surface area contributed by atoms with Crippen LogP contribution in [0.5, 0.6) is 0 Å². The van der Waals surface area contributed by atoms with Crippen molar-refractivity contribution in [2.45, 2.75) is 75.5 Å². The fourth-order valence-electron chi connectivity index (χ4n) is 7.03. The number of hydrogen-bond donors (Lipinski definition) is 5. The van der Waals surface area contributed by atoms with Crippen molar-refractivity contribution in [3.8, 4) is 11.8 Å². The Kier molecular flexibility index (Phi) is 5.97. The Morgan fingerprint density at radius 2 is 2.03 bits per heavy atom. The first kappa shape index (κ1) is 24.0. The summed E-state index contributed by atoms with van der Waals surface area (Å²) in [5.74, 6) is 7.14. The predicted molar refractivity (Wildman–Crippen MR) is 141 cm³/mol. The minimum absolute atomic E-state index is 0.0368. The van der Waals surface area contributed by atoms with Crippen LogP contribution in [0.1, 0.15) is 57.6 Å². The minimum atomic E-state index is -0.920. The van der Waals surface area contributed by atoms with Crippen LogP contribution in [0.4, 0.5) is 0 Å². The molecule has 2 aromatic rings. The standard InChI is InChI=1S/C29H38N4O2/c1-19(15-22-16-20-7-4-5-9-25(20)32-22)28-11-6-8-21(33-26(30)31-3)17-29(35)12-10-23(24(29)18-28)27(2,34)13-14-28/h4-5,7,9,16,21,23-24,32,34-35H,1,10-15,17-18H2,2-3H3,(H3,30,31,33). The molecule has 6 unspecified atom stereocenters. The molecule has 6 N–H and O–H groups in total. The lowest BCUT2D eigenvalue weighted by molar-refractivity contribution is -0.0677. The van der Waals surface area contributed by atoms with Crippen molar-refractivity contribution in [2.24, 2.45) is 28.0 Å². The third-order valence-corrected chi connectivity index (χ3v) is 9.15. The van der Waals surface area contributed by atoms with Gasteiger partial charge in [-0.05, 0) is 68.4 Å². The second-order valence-electron chi connectivity index (χ2n) is 11.4. The van der Waals surface area contributed by atoms with E-state index in [1.54, 1.807) is 7.05 Å². The van der Waals surface area contributed by atoms with Crippen LogP contribution in [0.2, 0.25) is 0 Å². The van der Waals surface area contributed by atoms with Gasteiger partial charge in [-0.1, -0.05) is 36.3 Å². The zero-order valence-electron chi connectivity index (χ0n) is 20.9. The highest BCUT2D eigenvalue weighted by Gasteiger charge is 2.58. The molecule has 6 heteroatoms. The van der Waals surface area contributed by atoms with E-state index in [-0.39, 0.29) is 23.3 Å². The highest BCUT2D eigenvalue weighted by Crippen LogP contribution is 2.59. The molecule has 1 aromatic heterocycles. The fraction of sp³-hybridized carbons (Fsp3) is 0.552. The number of aromatic nitrogens is 1. The largest absolute Gasteiger partial charge is 0.390 e. The lowest BCUT2D eigenvalue weighted by Gasteiger charge is -2.41. The van der Waals surface area contributed by atoms with Crippen LogP contribution in [0.15, 0.2) is 47.5 Å². The summed E-state index contributed by atoms with van der Waals surface area (Å²) in [6.07, 6.45) is 5.62. The van der Waals surface area contributed by atoms with Crippen LogP contribution >= 0.6 is 0 Å². The normalized spacial score (nSPS) is 36.9. The van der Waals surface area contributed by atoms with Crippen molar-refractivity contribution in [1.29, 1.82) is 0 Å². The van der Waals surface area contributed by atoms with E-state index in [0.717, 1.165) is 42.5 Å². The van der Waals surface area contributed by atoms with E-state index in [9.17, 15) is 10.2 Å². The lowest BCUT2D eigenvalue weighted by atomic mass is 9.66. The van der Waals surface area contributed by atoms with Crippen molar-refractivity contribution in [2.75, 3.05) is 7.05 Å². The number of nitrogens with one attached hydrogen (secondary N) is 2. The molecule has 1 heterocycles. The first-order valence-corrected chi connectivity index (χ1v) is 12.8. The predicted octanol–water partition coefficient (Wildman–Crippen LogP) is 3.65. The maximum absolute atomic E-state index is 12.0. The molecule has 0 saturated heterocycles. The molecular weight excluding hydrogens is 436 g/mol. The molecule has 186 valence electrons. The van der Waals surface area contributed by atoms with Gasteiger partial charge in [0.15, 0.2) is 5.96 Å². The first-order chi connectivity index (χ1) is 16.6. The average Bonchev–Trinajstić information content (AvgIpc) is 3.34. The van der Waals surface area contributed by atoms with Crippen molar-refractivity contribution in [3.63, 3.8) is 0 Å². The number of nitrogens with zero attached hydrogens (tertiary/aromatic N) is 1. The topological polar surface area (TPSA) is 107 Å². The summed E-state index contributed by atoms with van der Waals surface area (Å²) in [4.78, 5) is 7.58. The van der Waals surface area contributed by atoms with Crippen molar-refractivity contribution >= 4 is 16.9 Å². The number of allylic oxidation sites excluding steroid dienone is 1. The Morgan fingerprint density at radius 3 is 2.80 bits per heavy atom. The molecule has 5 rings (SSSR count). The molecule has 0 radical (unpaired) electrons. The summed E-state index contributed by atoms with van der Waals surface area (Å²) in [7, 11) is 1.64. The van der Waals surface area contributed by atoms with Gasteiger partial charge in [0.05, 0.1) is 17.2 Å². The molecule has 6 nitrogen and oxygen atoms in total. The molecule has 3 aliphatic carbocycles. The van der Waals surface area contributed by atoms with Gasteiger partial charge in [-0.2, -0.15) is 0 Å². The number of aliphatic imine (C=N–C) groups is 1. The summed E-state index contributed by atoms with van der Waals surface area (Å²) in [6.45, 7) is 6.58. The molecule has 3 aliphatic rings. The van der Waals surface area contributed by atoms with Crippen LogP contribution in [0, 0.1) is 29.1 Å². The van der Waals surface area contributed by atoms with Gasteiger partial charge in [0, 0.05) is 42.9 Å². The number of H-pyrrole nitrogens is 1. The smallest absolute Gasteiger partial charge is 0.189 e. The molecule has 0 spiro atoms. The molecule has 2 saturated carbocycles. The Morgan fingerprint density at radius 1 is 1.23 bits per heavy atom. The van der Waals surface area contributed by atoms with Crippen LogP contribution in [0.25, 0.3) is 10.9 Å². The number of benzene rings is 1. The summed E-state index contributed by atoms with van der Waals surface area (Å²) in [5.41, 5.74) is 7.35. The molecular formula is C29H38N4O2. The number of hydrogen-bond acceptors (Lipinski definition) is 3. The highest BCUT2D eigenvalue weighted by molar-refractivity contribution is 5.80. The van der Waals surface area contributed by atoms with E-state index in [2.05, 4.69) is 58.0 Å². The summed E-state index contributed by atoms with van der Waals surface area (Å²) < 4.78 is 0. The van der Waals surface area contributed by atoms with E-state index in [4.69, 9.17) is 5.73 Å². The Bertz CT molecular complexity index is 1180. The van der Waals surface area contributed by atoms with Crippen molar-refractivity contribution < 1.29 is 10.2 Å². The summed E-state index contributed by atoms with van der Waals surface area (Å²) in [5, 5.41) is 28.0. The van der Waals surface area contributed by atoms with Gasteiger partial charge in [0.2, 0.25) is 0 Å². The van der Waals surface area contributed by atoms with Crippen LogP contribution in [-0.4, -0.2) is 45.4 Å². The van der Waals surface area contributed by atoms with E-state index in [1.807, 2.05) is 13.0 Å². The van der Waals surface area contributed by atoms with Gasteiger partial charge in [0.1, 0.15) is 0 Å². The van der Waals surface area contributed by atoms with Crippen molar-refractivity contribution in [1.82, 2.24) is 10.3 Å². The van der Waals surface area contributed by atoms with Crippen LogP contribution < -0.4 is 11.1 Å². The number of para-hydroxylation sites is 1. The number of aromatic amines is 1. The number of fused-ring (bicyclic) bond motifs is 2. The second-order valence-corrected chi connectivity index (χ2v) is 11.4. The van der Waals surface area contributed by atoms with Gasteiger partial charge >= 0.3 is 0 Å².